The SMILES string of the molecule is COc1ccc(OC)c(C(O)COCCC(C)(C)OC)c1. The molecule has 0 bridgehead atoms. The predicted octanol–water partition coefficient (Wildman–Crippen LogP) is 2.57. The lowest BCUT2D eigenvalue weighted by molar-refractivity contribution is -0.0251. The summed E-state index contributed by atoms with van der Waals surface area (Å²) < 4.78 is 21.3. The Hall–Kier alpha value is -1.30. The van der Waals surface area contributed by atoms with Crippen LogP contribution in [0.25, 0.3) is 0 Å². The van der Waals surface area contributed by atoms with Gasteiger partial charge in [0.2, 0.25) is 0 Å². The van der Waals surface area contributed by atoms with E-state index in [0.29, 0.717) is 23.7 Å². The summed E-state index contributed by atoms with van der Waals surface area (Å²) in [5.74, 6) is 1.29. The van der Waals surface area contributed by atoms with E-state index in [1.807, 2.05) is 13.8 Å². The maximum atomic E-state index is 10.2. The molecule has 0 saturated carbocycles. The van der Waals surface area contributed by atoms with Gasteiger partial charge in [0.15, 0.2) is 0 Å². The highest BCUT2D eigenvalue weighted by Gasteiger charge is 2.18. The predicted molar refractivity (Wildman–Crippen MR) is 81.0 cm³/mol. The van der Waals surface area contributed by atoms with E-state index in [1.54, 1.807) is 39.5 Å². The summed E-state index contributed by atoms with van der Waals surface area (Å²) in [5, 5.41) is 10.2. The highest BCUT2D eigenvalue weighted by molar-refractivity contribution is 5.41. The molecule has 1 aromatic carbocycles. The van der Waals surface area contributed by atoms with E-state index >= 15 is 0 Å². The molecular weight excluding hydrogens is 272 g/mol. The number of aliphatic hydroxyl groups excluding tert-OH is 1. The molecule has 1 rings (SSSR count). The summed E-state index contributed by atoms with van der Waals surface area (Å²) in [6, 6.07) is 5.31. The molecule has 0 radical (unpaired) electrons. The molecule has 1 aromatic rings. The minimum atomic E-state index is -0.763. The number of rotatable bonds is 9. The summed E-state index contributed by atoms with van der Waals surface area (Å²) in [7, 11) is 4.83. The monoisotopic (exact) mass is 298 g/mol. The van der Waals surface area contributed by atoms with Crippen LogP contribution >= 0.6 is 0 Å². The zero-order valence-electron chi connectivity index (χ0n) is 13.5. The summed E-state index contributed by atoms with van der Waals surface area (Å²) in [5.41, 5.74) is 0.432. The van der Waals surface area contributed by atoms with Crippen molar-refractivity contribution in [1.82, 2.24) is 0 Å². The molecule has 0 saturated heterocycles. The minimum absolute atomic E-state index is 0.198. The van der Waals surface area contributed by atoms with Crippen LogP contribution in [-0.4, -0.2) is 45.3 Å². The summed E-state index contributed by atoms with van der Waals surface area (Å²) in [6.45, 7) is 4.71. The third kappa shape index (κ3) is 5.53. The lowest BCUT2D eigenvalue weighted by Crippen LogP contribution is -2.25. The smallest absolute Gasteiger partial charge is 0.125 e. The molecule has 120 valence electrons. The lowest BCUT2D eigenvalue weighted by atomic mass is 10.1. The minimum Gasteiger partial charge on any atom is -0.497 e. The zero-order chi connectivity index (χ0) is 15.9. The fourth-order valence-electron chi connectivity index (χ4n) is 1.80. The van der Waals surface area contributed by atoms with Crippen LogP contribution in [0.2, 0.25) is 0 Å². The van der Waals surface area contributed by atoms with Crippen LogP contribution in [-0.2, 0) is 9.47 Å². The van der Waals surface area contributed by atoms with E-state index in [-0.39, 0.29) is 12.2 Å². The largest absolute Gasteiger partial charge is 0.497 e. The molecule has 1 unspecified atom stereocenters. The van der Waals surface area contributed by atoms with Crippen molar-refractivity contribution in [3.8, 4) is 11.5 Å². The third-order valence-electron chi connectivity index (χ3n) is 3.47. The number of methoxy groups -OCH3 is 3. The number of benzene rings is 1. The van der Waals surface area contributed by atoms with Gasteiger partial charge in [0, 0.05) is 19.3 Å². The van der Waals surface area contributed by atoms with Gasteiger partial charge in [-0.15, -0.1) is 0 Å². The second-order valence-electron chi connectivity index (χ2n) is 5.41. The van der Waals surface area contributed by atoms with Crippen LogP contribution in [0.15, 0.2) is 18.2 Å². The molecule has 0 aromatic heterocycles. The van der Waals surface area contributed by atoms with Crippen molar-refractivity contribution in [1.29, 1.82) is 0 Å². The number of aliphatic hydroxyl groups is 1. The van der Waals surface area contributed by atoms with Crippen LogP contribution < -0.4 is 9.47 Å². The summed E-state index contributed by atoms with van der Waals surface area (Å²) >= 11 is 0. The Bertz CT molecular complexity index is 431. The molecule has 0 fully saturated rings. The van der Waals surface area contributed by atoms with Crippen molar-refractivity contribution >= 4 is 0 Å². The van der Waals surface area contributed by atoms with Crippen LogP contribution in [0.5, 0.6) is 11.5 Å². The lowest BCUT2D eigenvalue weighted by Gasteiger charge is -2.23. The van der Waals surface area contributed by atoms with E-state index in [1.165, 1.54) is 0 Å². The molecule has 0 aliphatic carbocycles. The normalized spacial score (nSPS) is 13.0. The molecule has 0 aliphatic heterocycles. The van der Waals surface area contributed by atoms with Gasteiger partial charge in [0.1, 0.15) is 17.6 Å². The van der Waals surface area contributed by atoms with Crippen molar-refractivity contribution in [2.75, 3.05) is 34.5 Å². The molecule has 0 amide bonds. The van der Waals surface area contributed by atoms with Gasteiger partial charge in [0.25, 0.3) is 0 Å². The van der Waals surface area contributed by atoms with Crippen LogP contribution in [0.4, 0.5) is 0 Å². The Balaban J connectivity index is 2.57. The van der Waals surface area contributed by atoms with Gasteiger partial charge < -0.3 is 24.1 Å². The van der Waals surface area contributed by atoms with Crippen molar-refractivity contribution in [3.63, 3.8) is 0 Å². The molecule has 5 nitrogen and oxygen atoms in total. The van der Waals surface area contributed by atoms with Crippen LogP contribution in [0.1, 0.15) is 31.9 Å². The highest BCUT2D eigenvalue weighted by Crippen LogP contribution is 2.29. The molecule has 0 aliphatic rings. The molecule has 21 heavy (non-hydrogen) atoms. The Morgan fingerprint density at radius 3 is 2.43 bits per heavy atom. The Morgan fingerprint density at radius 1 is 1.14 bits per heavy atom. The Morgan fingerprint density at radius 2 is 1.86 bits per heavy atom. The van der Waals surface area contributed by atoms with E-state index < -0.39 is 6.10 Å². The Kier molecular flexibility index (Phi) is 6.95. The average molecular weight is 298 g/mol. The second kappa shape index (κ2) is 8.22. The topological polar surface area (TPSA) is 57.2 Å². The first-order chi connectivity index (χ1) is 9.93. The fraction of sp³-hybridized carbons (Fsp3) is 0.625. The van der Waals surface area contributed by atoms with Crippen LogP contribution in [0, 0.1) is 0 Å². The first-order valence-electron chi connectivity index (χ1n) is 6.96. The standard InChI is InChI=1S/C16H26O5/c1-16(2,20-5)8-9-21-11-14(17)13-10-12(18-3)6-7-15(13)19-4/h6-7,10,14,17H,8-9,11H2,1-5H3. The van der Waals surface area contributed by atoms with Gasteiger partial charge in [-0.1, -0.05) is 0 Å². The molecule has 1 atom stereocenters. The van der Waals surface area contributed by atoms with E-state index in [2.05, 4.69) is 0 Å². The van der Waals surface area contributed by atoms with Gasteiger partial charge >= 0.3 is 0 Å². The molecular formula is C16H26O5. The third-order valence-corrected chi connectivity index (χ3v) is 3.47. The second-order valence-corrected chi connectivity index (χ2v) is 5.41. The molecule has 5 heteroatoms. The van der Waals surface area contributed by atoms with E-state index in [0.717, 1.165) is 6.42 Å². The summed E-state index contributed by atoms with van der Waals surface area (Å²) in [4.78, 5) is 0. The van der Waals surface area contributed by atoms with Crippen molar-refractivity contribution in [2.45, 2.75) is 32.0 Å². The first-order valence-corrected chi connectivity index (χ1v) is 6.96. The molecule has 0 heterocycles. The Labute approximate surface area is 126 Å². The maximum absolute atomic E-state index is 10.2. The van der Waals surface area contributed by atoms with Crippen molar-refractivity contribution in [2.24, 2.45) is 0 Å². The quantitative estimate of drug-likeness (QED) is 0.710. The number of hydrogen-bond acceptors (Lipinski definition) is 5. The number of hydrogen-bond donors (Lipinski definition) is 1. The van der Waals surface area contributed by atoms with E-state index in [4.69, 9.17) is 18.9 Å². The fourth-order valence-corrected chi connectivity index (χ4v) is 1.80. The van der Waals surface area contributed by atoms with Gasteiger partial charge in [-0.25, -0.2) is 0 Å². The number of ether oxygens (including phenoxy) is 4. The van der Waals surface area contributed by atoms with Gasteiger partial charge in [-0.05, 0) is 38.5 Å². The first kappa shape index (κ1) is 17.8. The van der Waals surface area contributed by atoms with Crippen molar-refractivity contribution in [3.05, 3.63) is 23.8 Å². The zero-order valence-corrected chi connectivity index (χ0v) is 13.5. The van der Waals surface area contributed by atoms with Crippen LogP contribution in [0.3, 0.4) is 0 Å². The highest BCUT2D eigenvalue weighted by atomic mass is 16.5. The molecule has 0 spiro atoms. The average Bonchev–Trinajstić information content (AvgIpc) is 2.50. The van der Waals surface area contributed by atoms with Crippen molar-refractivity contribution < 1.29 is 24.1 Å². The molecule has 1 N–H and O–H groups in total. The van der Waals surface area contributed by atoms with Gasteiger partial charge in [-0.3, -0.25) is 0 Å². The maximum Gasteiger partial charge on any atom is 0.125 e. The van der Waals surface area contributed by atoms with E-state index in [9.17, 15) is 5.11 Å². The van der Waals surface area contributed by atoms with Gasteiger partial charge in [0.05, 0.1) is 26.4 Å². The van der Waals surface area contributed by atoms with Gasteiger partial charge in [-0.2, -0.15) is 0 Å². The summed E-state index contributed by atoms with van der Waals surface area (Å²) in [6.07, 6.45) is -0.00781.